The lowest BCUT2D eigenvalue weighted by molar-refractivity contribution is -0.122. The molecule has 1 unspecified atom stereocenters. The standard InChI is InChI=1S/C21H22N2O6/c1-12-4-7-17(28-2)16(8-12)23-11-13(9-19(23)24)20(25)22-14-5-6-15(21(26)27)18(10-14)29-3/h4-8,10,13H,9,11H2,1-3H3,(H,22,25)(H,26,27). The fourth-order valence-electron chi connectivity index (χ4n) is 3.32. The van der Waals surface area contributed by atoms with Gasteiger partial charge in [-0.3, -0.25) is 9.59 Å². The molecule has 2 aromatic carbocycles. The monoisotopic (exact) mass is 398 g/mol. The molecule has 0 bridgehead atoms. The summed E-state index contributed by atoms with van der Waals surface area (Å²) in [6.45, 7) is 2.15. The van der Waals surface area contributed by atoms with Gasteiger partial charge in [-0.15, -0.1) is 0 Å². The highest BCUT2D eigenvalue weighted by atomic mass is 16.5. The van der Waals surface area contributed by atoms with Gasteiger partial charge in [-0.1, -0.05) is 6.07 Å². The van der Waals surface area contributed by atoms with Gasteiger partial charge in [0.15, 0.2) is 0 Å². The summed E-state index contributed by atoms with van der Waals surface area (Å²) in [4.78, 5) is 38.0. The van der Waals surface area contributed by atoms with Crippen molar-refractivity contribution in [3.8, 4) is 11.5 Å². The lowest BCUT2D eigenvalue weighted by Gasteiger charge is -2.20. The van der Waals surface area contributed by atoms with Crippen molar-refractivity contribution in [1.29, 1.82) is 0 Å². The molecule has 8 heteroatoms. The van der Waals surface area contributed by atoms with E-state index < -0.39 is 11.9 Å². The van der Waals surface area contributed by atoms with Crippen molar-refractivity contribution < 1.29 is 29.0 Å². The summed E-state index contributed by atoms with van der Waals surface area (Å²) >= 11 is 0. The first-order valence-corrected chi connectivity index (χ1v) is 9.01. The maximum atomic E-state index is 12.7. The van der Waals surface area contributed by atoms with Crippen LogP contribution in [0.3, 0.4) is 0 Å². The molecule has 1 heterocycles. The van der Waals surface area contributed by atoms with E-state index in [0.717, 1.165) is 5.56 Å². The highest BCUT2D eigenvalue weighted by Gasteiger charge is 2.36. The third-order valence-electron chi connectivity index (χ3n) is 4.82. The number of carboxylic acids is 1. The molecular formula is C21H22N2O6. The van der Waals surface area contributed by atoms with Crippen molar-refractivity contribution in [3.63, 3.8) is 0 Å². The van der Waals surface area contributed by atoms with E-state index in [1.54, 1.807) is 11.0 Å². The van der Waals surface area contributed by atoms with Crippen LogP contribution < -0.4 is 19.7 Å². The highest BCUT2D eigenvalue weighted by molar-refractivity contribution is 6.04. The molecule has 3 rings (SSSR count). The molecule has 0 aliphatic carbocycles. The number of rotatable bonds is 6. The number of ether oxygens (including phenoxy) is 2. The van der Waals surface area contributed by atoms with Gasteiger partial charge in [0.2, 0.25) is 11.8 Å². The van der Waals surface area contributed by atoms with Crippen molar-refractivity contribution in [2.45, 2.75) is 13.3 Å². The number of hydrogen-bond donors (Lipinski definition) is 2. The minimum Gasteiger partial charge on any atom is -0.496 e. The second-order valence-electron chi connectivity index (χ2n) is 6.79. The van der Waals surface area contributed by atoms with Crippen LogP contribution in [0, 0.1) is 12.8 Å². The first-order chi connectivity index (χ1) is 13.8. The Kier molecular flexibility index (Phi) is 5.72. The Labute approximate surface area is 168 Å². The third kappa shape index (κ3) is 4.16. The van der Waals surface area contributed by atoms with Gasteiger partial charge in [-0.05, 0) is 36.8 Å². The largest absolute Gasteiger partial charge is 0.496 e. The Bertz CT molecular complexity index is 972. The van der Waals surface area contributed by atoms with Crippen molar-refractivity contribution >= 4 is 29.2 Å². The number of nitrogens with zero attached hydrogens (tertiary/aromatic N) is 1. The molecule has 2 N–H and O–H groups in total. The van der Waals surface area contributed by atoms with E-state index in [4.69, 9.17) is 14.6 Å². The number of aryl methyl sites for hydroxylation is 1. The lowest BCUT2D eigenvalue weighted by atomic mass is 10.1. The van der Waals surface area contributed by atoms with Crippen molar-refractivity contribution in [3.05, 3.63) is 47.5 Å². The van der Waals surface area contributed by atoms with E-state index >= 15 is 0 Å². The molecule has 0 aromatic heterocycles. The number of carbonyl (C=O) groups is 3. The molecule has 1 atom stereocenters. The number of nitrogens with one attached hydrogen (secondary N) is 1. The molecule has 0 radical (unpaired) electrons. The molecule has 0 saturated carbocycles. The second-order valence-corrected chi connectivity index (χ2v) is 6.79. The molecular weight excluding hydrogens is 376 g/mol. The van der Waals surface area contributed by atoms with Gasteiger partial charge in [0, 0.05) is 24.7 Å². The number of benzene rings is 2. The Morgan fingerprint density at radius 1 is 1.10 bits per heavy atom. The maximum Gasteiger partial charge on any atom is 0.339 e. The fourth-order valence-corrected chi connectivity index (χ4v) is 3.32. The zero-order valence-corrected chi connectivity index (χ0v) is 16.4. The van der Waals surface area contributed by atoms with E-state index in [-0.39, 0.29) is 36.1 Å². The number of carbonyl (C=O) groups excluding carboxylic acids is 2. The van der Waals surface area contributed by atoms with Gasteiger partial charge in [0.05, 0.1) is 25.8 Å². The van der Waals surface area contributed by atoms with Crippen molar-refractivity contribution in [2.75, 3.05) is 31.0 Å². The quantitative estimate of drug-likeness (QED) is 0.775. The predicted octanol–water partition coefficient (Wildman–Crippen LogP) is 2.70. The second kappa shape index (κ2) is 8.22. The van der Waals surface area contributed by atoms with Crippen LogP contribution >= 0.6 is 0 Å². The van der Waals surface area contributed by atoms with E-state index in [1.165, 1.54) is 32.4 Å². The summed E-state index contributed by atoms with van der Waals surface area (Å²) in [7, 11) is 2.89. The molecule has 152 valence electrons. The maximum absolute atomic E-state index is 12.7. The summed E-state index contributed by atoms with van der Waals surface area (Å²) < 4.78 is 10.4. The van der Waals surface area contributed by atoms with Crippen LogP contribution in [0.2, 0.25) is 0 Å². The van der Waals surface area contributed by atoms with E-state index in [1.807, 2.05) is 19.1 Å². The normalized spacial score (nSPS) is 15.9. The Hall–Kier alpha value is -3.55. The van der Waals surface area contributed by atoms with Crippen LogP contribution in [-0.4, -0.2) is 43.7 Å². The average Bonchev–Trinajstić information content (AvgIpc) is 3.09. The summed E-state index contributed by atoms with van der Waals surface area (Å²) in [6.07, 6.45) is 0.0767. The molecule has 8 nitrogen and oxygen atoms in total. The minimum atomic E-state index is -1.12. The average molecular weight is 398 g/mol. The number of hydrogen-bond acceptors (Lipinski definition) is 5. The molecule has 1 fully saturated rings. The summed E-state index contributed by atoms with van der Waals surface area (Å²) in [5.74, 6) is -1.44. The number of amides is 2. The number of carboxylic acid groups (broad SMARTS) is 1. The smallest absolute Gasteiger partial charge is 0.339 e. The van der Waals surface area contributed by atoms with Crippen molar-refractivity contribution in [2.24, 2.45) is 5.92 Å². The number of anilines is 2. The molecule has 29 heavy (non-hydrogen) atoms. The third-order valence-corrected chi connectivity index (χ3v) is 4.82. The Morgan fingerprint density at radius 2 is 1.83 bits per heavy atom. The predicted molar refractivity (Wildman–Crippen MR) is 107 cm³/mol. The fraction of sp³-hybridized carbons (Fsp3) is 0.286. The van der Waals surface area contributed by atoms with Gasteiger partial charge in [-0.2, -0.15) is 0 Å². The first kappa shape index (κ1) is 20.2. The van der Waals surface area contributed by atoms with E-state index in [2.05, 4.69) is 5.32 Å². The van der Waals surface area contributed by atoms with Gasteiger partial charge < -0.3 is 24.8 Å². The van der Waals surface area contributed by atoms with Crippen LogP contribution in [0.15, 0.2) is 36.4 Å². The highest BCUT2D eigenvalue weighted by Crippen LogP contribution is 2.34. The van der Waals surface area contributed by atoms with Gasteiger partial charge in [0.25, 0.3) is 0 Å². The Morgan fingerprint density at radius 3 is 2.48 bits per heavy atom. The zero-order valence-electron chi connectivity index (χ0n) is 16.4. The van der Waals surface area contributed by atoms with Gasteiger partial charge >= 0.3 is 5.97 Å². The molecule has 1 saturated heterocycles. The van der Waals surface area contributed by atoms with Gasteiger partial charge in [0.1, 0.15) is 17.1 Å². The van der Waals surface area contributed by atoms with Gasteiger partial charge in [-0.25, -0.2) is 4.79 Å². The van der Waals surface area contributed by atoms with Crippen LogP contribution in [0.4, 0.5) is 11.4 Å². The van der Waals surface area contributed by atoms with Crippen LogP contribution in [-0.2, 0) is 9.59 Å². The number of methoxy groups -OCH3 is 2. The molecule has 2 aromatic rings. The number of aromatic carboxylic acids is 1. The minimum absolute atomic E-state index is 0.000685. The lowest BCUT2D eigenvalue weighted by Crippen LogP contribution is -2.28. The SMILES string of the molecule is COc1cc(NC(=O)C2CC(=O)N(c3cc(C)ccc3OC)C2)ccc1C(=O)O. The summed E-state index contributed by atoms with van der Waals surface area (Å²) in [5, 5.41) is 11.9. The van der Waals surface area contributed by atoms with E-state index in [9.17, 15) is 14.4 Å². The molecule has 2 amide bonds. The van der Waals surface area contributed by atoms with E-state index in [0.29, 0.717) is 17.1 Å². The molecule has 0 spiro atoms. The first-order valence-electron chi connectivity index (χ1n) is 9.01. The topological polar surface area (TPSA) is 105 Å². The van der Waals surface area contributed by atoms with Crippen LogP contribution in [0.1, 0.15) is 22.3 Å². The summed E-state index contributed by atoms with van der Waals surface area (Å²) in [6, 6.07) is 9.83. The molecule has 1 aliphatic heterocycles. The van der Waals surface area contributed by atoms with Crippen LogP contribution in [0.25, 0.3) is 0 Å². The van der Waals surface area contributed by atoms with Crippen molar-refractivity contribution in [1.82, 2.24) is 0 Å². The molecule has 1 aliphatic rings. The van der Waals surface area contributed by atoms with Crippen LogP contribution in [0.5, 0.6) is 11.5 Å². The summed E-state index contributed by atoms with van der Waals surface area (Å²) in [5.41, 5.74) is 2.02. The Balaban J connectivity index is 1.76. The zero-order chi connectivity index (χ0) is 21.1.